The fraction of sp³-hybridized carbons (Fsp3) is 1.00. The van der Waals surface area contributed by atoms with Crippen LogP contribution in [0.1, 0.15) is 86.0 Å². The molecule has 22 atom stereocenters. The van der Waals surface area contributed by atoms with E-state index in [1.165, 1.54) is 7.11 Å². The molecule has 6 fully saturated rings. The topological polar surface area (TPSA) is 248 Å². The number of ether oxygens (including phenoxy) is 5. The molecule has 0 spiro atoms. The van der Waals surface area contributed by atoms with Crippen LogP contribution in [0, 0.1) is 52.3 Å². The van der Waals surface area contributed by atoms with E-state index in [0.717, 1.165) is 12.8 Å². The summed E-state index contributed by atoms with van der Waals surface area (Å²) in [7, 11) is 1.34. The number of fused-ring (bicyclic) bond motifs is 5. The Morgan fingerprint density at radius 3 is 1.93 bits per heavy atom. The monoisotopic (exact) mass is 790 g/mol. The van der Waals surface area contributed by atoms with Crippen molar-refractivity contribution >= 4 is 0 Å². The lowest BCUT2D eigenvalue weighted by Crippen LogP contribution is -2.71. The largest absolute Gasteiger partial charge is 0.393 e. The van der Waals surface area contributed by atoms with Crippen LogP contribution in [0.5, 0.6) is 0 Å². The molecule has 6 aliphatic rings. The van der Waals surface area contributed by atoms with Gasteiger partial charge in [-0.3, -0.25) is 0 Å². The van der Waals surface area contributed by atoms with Crippen LogP contribution in [0.25, 0.3) is 0 Å². The fourth-order valence-electron chi connectivity index (χ4n) is 12.8. The summed E-state index contributed by atoms with van der Waals surface area (Å²) in [5, 5.41) is 111. The van der Waals surface area contributed by atoms with Crippen LogP contribution < -0.4 is 0 Å². The summed E-state index contributed by atoms with van der Waals surface area (Å²) < 4.78 is 28.7. The third-order valence-corrected chi connectivity index (χ3v) is 15.6. The predicted molar refractivity (Wildman–Crippen MR) is 195 cm³/mol. The standard InChI is InChI=1S/C40H70O15/c1-18(2)20(11-14-52-36-34(30(47)24(44)16-53-36)55-37-33(51-6)29(46)23(43)17-54-37)8-7-19(3)26-31(48)32(49)35-39(26,5)13-10-25-38(4)12-9-21(41)28(45)27(38)22(42)15-40(25,35)50/h18-37,41-50H,7-17H2,1-6H3. The molecule has 0 aromatic heterocycles. The van der Waals surface area contributed by atoms with Gasteiger partial charge < -0.3 is 74.7 Å². The molecule has 10 N–H and O–H groups in total. The molecule has 2 heterocycles. The van der Waals surface area contributed by atoms with Crippen molar-refractivity contribution < 1.29 is 74.7 Å². The highest BCUT2D eigenvalue weighted by Crippen LogP contribution is 2.70. The molecule has 4 saturated carbocycles. The summed E-state index contributed by atoms with van der Waals surface area (Å²) in [4.78, 5) is 0. The van der Waals surface area contributed by atoms with Crippen molar-refractivity contribution in [3.63, 3.8) is 0 Å². The minimum Gasteiger partial charge on any atom is -0.393 e. The van der Waals surface area contributed by atoms with Crippen LogP contribution in [0.3, 0.4) is 0 Å². The molecule has 0 aromatic rings. The third-order valence-electron chi connectivity index (χ3n) is 15.6. The smallest absolute Gasteiger partial charge is 0.187 e. The van der Waals surface area contributed by atoms with Crippen molar-refractivity contribution in [3.8, 4) is 0 Å². The highest BCUT2D eigenvalue weighted by Gasteiger charge is 2.73. The first-order valence-corrected chi connectivity index (χ1v) is 20.7. The van der Waals surface area contributed by atoms with Gasteiger partial charge in [0.25, 0.3) is 0 Å². The summed E-state index contributed by atoms with van der Waals surface area (Å²) in [6, 6.07) is 0. The third kappa shape index (κ3) is 7.70. The lowest BCUT2D eigenvalue weighted by molar-refractivity contribution is -0.345. The van der Waals surface area contributed by atoms with Crippen LogP contribution in [0.4, 0.5) is 0 Å². The SMILES string of the molecule is COC1C(OC2C(OCCC(CCC(C)C3C(O)C(O)C4C3(C)CCC3C5(C)CCC(O)C(O)C5C(O)CC34O)C(C)C)OCC(O)C2O)OCC(O)C1O. The maximum Gasteiger partial charge on any atom is 0.187 e. The van der Waals surface area contributed by atoms with Crippen LogP contribution in [-0.2, 0) is 23.7 Å². The lowest BCUT2D eigenvalue weighted by Gasteiger charge is -2.66. The zero-order valence-corrected chi connectivity index (χ0v) is 33.3. The number of hydrogen-bond donors (Lipinski definition) is 10. The molecule has 0 aromatic carbocycles. The summed E-state index contributed by atoms with van der Waals surface area (Å²) in [6.07, 6.45) is -10.5. The van der Waals surface area contributed by atoms with Gasteiger partial charge in [-0.05, 0) is 78.9 Å². The second-order valence-electron chi connectivity index (χ2n) is 19.0. The molecule has 6 rings (SSSR count). The summed E-state index contributed by atoms with van der Waals surface area (Å²) in [5.74, 6) is -1.41. The van der Waals surface area contributed by atoms with Crippen molar-refractivity contribution in [2.24, 2.45) is 52.3 Å². The first-order valence-electron chi connectivity index (χ1n) is 20.7. The van der Waals surface area contributed by atoms with Gasteiger partial charge in [0.05, 0.1) is 55.9 Å². The second-order valence-corrected chi connectivity index (χ2v) is 19.0. The van der Waals surface area contributed by atoms with Crippen molar-refractivity contribution in [1.29, 1.82) is 0 Å². The van der Waals surface area contributed by atoms with Gasteiger partial charge in [0.1, 0.15) is 36.6 Å². The lowest BCUT2D eigenvalue weighted by atomic mass is 9.41. The maximum atomic E-state index is 12.7. The van der Waals surface area contributed by atoms with E-state index in [1.807, 2.05) is 6.92 Å². The van der Waals surface area contributed by atoms with Gasteiger partial charge in [-0.1, -0.05) is 41.0 Å². The van der Waals surface area contributed by atoms with Crippen molar-refractivity contribution in [2.75, 3.05) is 26.9 Å². The summed E-state index contributed by atoms with van der Waals surface area (Å²) >= 11 is 0. The summed E-state index contributed by atoms with van der Waals surface area (Å²) in [6.45, 7) is 10.3. The average Bonchev–Trinajstić information content (AvgIpc) is 3.33. The number of aliphatic hydroxyl groups is 10. The molecule has 22 unspecified atom stereocenters. The van der Waals surface area contributed by atoms with Gasteiger partial charge in [0, 0.05) is 25.4 Å². The van der Waals surface area contributed by atoms with E-state index < -0.39 is 108 Å². The Kier molecular flexibility index (Phi) is 13.4. The van der Waals surface area contributed by atoms with E-state index in [9.17, 15) is 51.1 Å². The maximum absolute atomic E-state index is 12.7. The molecule has 0 radical (unpaired) electrons. The first kappa shape index (κ1) is 44.0. The highest BCUT2D eigenvalue weighted by molar-refractivity contribution is 5.22. The Labute approximate surface area is 324 Å². The van der Waals surface area contributed by atoms with Crippen molar-refractivity contribution in [2.45, 2.75) is 171 Å². The molecule has 0 bridgehead atoms. The van der Waals surface area contributed by atoms with Crippen LogP contribution >= 0.6 is 0 Å². The van der Waals surface area contributed by atoms with E-state index in [0.29, 0.717) is 32.1 Å². The van der Waals surface area contributed by atoms with Crippen LogP contribution in [0.15, 0.2) is 0 Å². The molecule has 4 aliphatic carbocycles. The highest BCUT2D eigenvalue weighted by atomic mass is 16.8. The summed E-state index contributed by atoms with van der Waals surface area (Å²) in [5.41, 5.74) is -2.69. The fourth-order valence-corrected chi connectivity index (χ4v) is 12.8. The van der Waals surface area contributed by atoms with E-state index >= 15 is 0 Å². The number of aliphatic hydroxyl groups excluding tert-OH is 9. The molecule has 2 aliphatic heterocycles. The Morgan fingerprint density at radius 2 is 1.29 bits per heavy atom. The van der Waals surface area contributed by atoms with E-state index in [-0.39, 0.29) is 55.8 Å². The number of methoxy groups -OCH3 is 1. The van der Waals surface area contributed by atoms with Gasteiger partial charge >= 0.3 is 0 Å². The molecular formula is C40H70O15. The van der Waals surface area contributed by atoms with Crippen molar-refractivity contribution in [1.82, 2.24) is 0 Å². The van der Waals surface area contributed by atoms with Crippen molar-refractivity contribution in [3.05, 3.63) is 0 Å². The average molecular weight is 791 g/mol. The Morgan fingerprint density at radius 1 is 0.673 bits per heavy atom. The Balaban J connectivity index is 1.09. The van der Waals surface area contributed by atoms with Gasteiger partial charge in [0.15, 0.2) is 12.6 Å². The van der Waals surface area contributed by atoms with Gasteiger partial charge in [-0.25, -0.2) is 0 Å². The molecular weight excluding hydrogens is 720 g/mol. The Hall–Kier alpha value is -0.600. The number of hydrogen-bond acceptors (Lipinski definition) is 15. The quantitative estimate of drug-likeness (QED) is 0.122. The Bertz CT molecular complexity index is 1280. The van der Waals surface area contributed by atoms with E-state index in [2.05, 4.69) is 27.7 Å². The van der Waals surface area contributed by atoms with Gasteiger partial charge in [0.2, 0.25) is 0 Å². The molecule has 55 heavy (non-hydrogen) atoms. The first-order chi connectivity index (χ1) is 25.8. The minimum absolute atomic E-state index is 0.0142. The minimum atomic E-state index is -1.45. The zero-order valence-electron chi connectivity index (χ0n) is 33.3. The van der Waals surface area contributed by atoms with Crippen LogP contribution in [-0.4, -0.2) is 163 Å². The molecule has 15 heteroatoms. The number of rotatable bonds is 12. The molecule has 2 saturated heterocycles. The van der Waals surface area contributed by atoms with Crippen LogP contribution in [0.2, 0.25) is 0 Å². The normalized spacial score (nSPS) is 52.6. The van der Waals surface area contributed by atoms with Gasteiger partial charge in [-0.15, -0.1) is 0 Å². The predicted octanol–water partition coefficient (Wildman–Crippen LogP) is -0.344. The molecule has 320 valence electrons. The zero-order chi connectivity index (χ0) is 40.4. The second kappa shape index (κ2) is 16.8. The van der Waals surface area contributed by atoms with Gasteiger partial charge in [-0.2, -0.15) is 0 Å². The molecule has 15 nitrogen and oxygen atoms in total. The van der Waals surface area contributed by atoms with E-state index in [1.54, 1.807) is 0 Å². The molecule has 0 amide bonds. The van der Waals surface area contributed by atoms with E-state index in [4.69, 9.17) is 23.7 Å².